The van der Waals surface area contributed by atoms with E-state index in [1.807, 2.05) is 12.1 Å². The minimum atomic E-state index is -0.875. The van der Waals surface area contributed by atoms with Crippen LogP contribution >= 0.6 is 24.4 Å². The van der Waals surface area contributed by atoms with Crippen LogP contribution in [0.5, 0.6) is 0 Å². The lowest BCUT2D eigenvalue weighted by Gasteiger charge is -2.19. The molecule has 0 fully saturated rings. The predicted octanol–water partition coefficient (Wildman–Crippen LogP) is 1.98. The van der Waals surface area contributed by atoms with Gasteiger partial charge >= 0.3 is 0 Å². The Morgan fingerprint density at radius 3 is 1.33 bits per heavy atom. The second kappa shape index (κ2) is 11.2. The molecule has 2 aromatic rings. The van der Waals surface area contributed by atoms with Gasteiger partial charge in [-0.1, -0.05) is 60.7 Å². The Hall–Kier alpha value is -3.86. The molecule has 2 aromatic carbocycles. The van der Waals surface area contributed by atoms with E-state index in [0.717, 1.165) is 0 Å². The molecule has 0 aliphatic carbocycles. The Morgan fingerprint density at radius 1 is 0.733 bits per heavy atom. The molecule has 0 aromatic heterocycles. The molecule has 0 aliphatic heterocycles. The molecule has 0 bridgehead atoms. The Kier molecular flexibility index (Phi) is 8.39. The van der Waals surface area contributed by atoms with Crippen molar-refractivity contribution in [3.8, 4) is 12.1 Å². The molecular weight excluding hydrogens is 416 g/mol. The predicted molar refractivity (Wildman–Crippen MR) is 124 cm³/mol. The van der Waals surface area contributed by atoms with Gasteiger partial charge in [0.15, 0.2) is 10.2 Å². The topological polar surface area (TPSA) is 148 Å². The number of hydrogen-bond donors (Lipinski definition) is 4. The van der Waals surface area contributed by atoms with Crippen LogP contribution in [-0.2, 0) is 0 Å². The summed E-state index contributed by atoms with van der Waals surface area (Å²) in [5.41, 5.74) is 17.6. The van der Waals surface area contributed by atoms with E-state index in [1.165, 1.54) is 0 Å². The summed E-state index contributed by atoms with van der Waals surface area (Å²) in [7, 11) is 0. The molecule has 0 radical (unpaired) electrons. The highest BCUT2D eigenvalue weighted by atomic mass is 32.1. The Balaban J connectivity index is 2.69. The fraction of sp³-hybridized carbons (Fsp3) is 0.100. The normalized spacial score (nSPS) is 13.3. The van der Waals surface area contributed by atoms with Crippen LogP contribution in [0, 0.1) is 22.7 Å². The van der Waals surface area contributed by atoms with Crippen LogP contribution in [0.3, 0.4) is 0 Å². The van der Waals surface area contributed by atoms with Crippen LogP contribution in [-0.4, -0.2) is 21.6 Å². The van der Waals surface area contributed by atoms with Crippen LogP contribution < -0.4 is 22.3 Å². The molecule has 0 unspecified atom stereocenters. The molecule has 0 heterocycles. The van der Waals surface area contributed by atoms with Crippen LogP contribution in [0.4, 0.5) is 0 Å². The molecule has 0 aliphatic rings. The van der Waals surface area contributed by atoms with Gasteiger partial charge < -0.3 is 11.5 Å². The van der Waals surface area contributed by atoms with Gasteiger partial charge in [0.05, 0.1) is 12.1 Å². The highest BCUT2D eigenvalue weighted by Crippen LogP contribution is 2.24. The average Bonchev–Trinajstić information content (AvgIpc) is 2.75. The average molecular weight is 435 g/mol. The van der Waals surface area contributed by atoms with Gasteiger partial charge in [-0.2, -0.15) is 20.7 Å². The summed E-state index contributed by atoms with van der Waals surface area (Å²) in [6.07, 6.45) is 0. The van der Waals surface area contributed by atoms with E-state index >= 15 is 0 Å². The highest BCUT2D eigenvalue weighted by molar-refractivity contribution is 7.80. The molecule has 0 amide bonds. The van der Waals surface area contributed by atoms with Gasteiger partial charge in [-0.25, -0.2) is 0 Å². The fourth-order valence-corrected chi connectivity index (χ4v) is 2.74. The van der Waals surface area contributed by atoms with E-state index < -0.39 is 11.8 Å². The summed E-state index contributed by atoms with van der Waals surface area (Å²) in [6.45, 7) is 0. The first-order chi connectivity index (χ1) is 14.5. The third-order valence-corrected chi connectivity index (χ3v) is 4.09. The summed E-state index contributed by atoms with van der Waals surface area (Å²) in [5, 5.41) is 28.1. The van der Waals surface area contributed by atoms with E-state index in [9.17, 15) is 10.5 Å². The zero-order valence-electron chi connectivity index (χ0n) is 15.7. The van der Waals surface area contributed by atoms with E-state index in [2.05, 4.69) is 33.2 Å². The second-order valence-electron chi connectivity index (χ2n) is 5.89. The number of nitrogens with zero attached hydrogens (tertiary/aromatic N) is 4. The first kappa shape index (κ1) is 22.4. The Bertz CT molecular complexity index is 950. The number of rotatable bonds is 7. The summed E-state index contributed by atoms with van der Waals surface area (Å²) >= 11 is 9.70. The number of thiocarbonyl (C=S) groups is 2. The lowest BCUT2D eigenvalue weighted by atomic mass is 9.85. The maximum Gasteiger partial charge on any atom is 0.184 e. The van der Waals surface area contributed by atoms with Crippen molar-refractivity contribution in [3.63, 3.8) is 0 Å². The number of hydrogen-bond acceptors (Lipinski definition) is 6. The number of nitriles is 2. The molecule has 2 rings (SSSR count). The van der Waals surface area contributed by atoms with Crippen molar-refractivity contribution < 1.29 is 0 Å². The Labute approximate surface area is 184 Å². The maximum absolute atomic E-state index is 9.93. The minimum absolute atomic E-state index is 0.105. The molecule has 0 spiro atoms. The van der Waals surface area contributed by atoms with Crippen LogP contribution in [0.2, 0.25) is 0 Å². The number of benzene rings is 2. The largest absolute Gasteiger partial charge is 0.375 e. The molecule has 150 valence electrons. The lowest BCUT2D eigenvalue weighted by Crippen LogP contribution is -2.35. The van der Waals surface area contributed by atoms with E-state index in [-0.39, 0.29) is 21.6 Å². The van der Waals surface area contributed by atoms with Crippen LogP contribution in [0.1, 0.15) is 23.0 Å². The van der Waals surface area contributed by atoms with Gasteiger partial charge in [0, 0.05) is 0 Å². The first-order valence-corrected chi connectivity index (χ1v) is 9.45. The number of nitrogens with one attached hydrogen (secondary N) is 2. The van der Waals surface area contributed by atoms with Gasteiger partial charge in [0.25, 0.3) is 0 Å². The van der Waals surface area contributed by atoms with Crippen molar-refractivity contribution in [2.24, 2.45) is 21.7 Å². The quantitative estimate of drug-likeness (QED) is 0.294. The van der Waals surface area contributed by atoms with E-state index in [1.54, 1.807) is 48.5 Å². The summed E-state index contributed by atoms with van der Waals surface area (Å²) in [4.78, 5) is 0. The molecule has 10 heteroatoms. The zero-order chi connectivity index (χ0) is 21.9. The molecule has 6 N–H and O–H groups in total. The molecule has 2 atom stereocenters. The van der Waals surface area contributed by atoms with Gasteiger partial charge in [0.2, 0.25) is 0 Å². The molecule has 0 saturated heterocycles. The van der Waals surface area contributed by atoms with Crippen molar-refractivity contribution in [2.45, 2.75) is 11.8 Å². The van der Waals surface area contributed by atoms with Crippen LogP contribution in [0.15, 0.2) is 70.9 Å². The van der Waals surface area contributed by atoms with Gasteiger partial charge in [-0.3, -0.25) is 10.9 Å². The van der Waals surface area contributed by atoms with Gasteiger partial charge in [-0.05, 0) is 35.6 Å². The van der Waals surface area contributed by atoms with Crippen molar-refractivity contribution in [1.29, 1.82) is 10.5 Å². The third-order valence-electron chi connectivity index (χ3n) is 3.91. The minimum Gasteiger partial charge on any atom is -0.375 e. The fourth-order valence-electron chi connectivity index (χ4n) is 2.65. The van der Waals surface area contributed by atoms with Crippen molar-refractivity contribution in [3.05, 3.63) is 71.8 Å². The number of nitrogens with two attached hydrogens (primary N) is 2. The van der Waals surface area contributed by atoms with Gasteiger partial charge in [0.1, 0.15) is 23.3 Å². The molecule has 30 heavy (non-hydrogen) atoms. The summed E-state index contributed by atoms with van der Waals surface area (Å²) < 4.78 is 0. The molecule has 8 nitrogen and oxygen atoms in total. The monoisotopic (exact) mass is 434 g/mol. The summed E-state index contributed by atoms with van der Waals surface area (Å²) in [6, 6.07) is 22.3. The van der Waals surface area contributed by atoms with E-state index in [4.69, 9.17) is 35.9 Å². The second-order valence-corrected chi connectivity index (χ2v) is 6.77. The third kappa shape index (κ3) is 6.07. The lowest BCUT2D eigenvalue weighted by molar-refractivity contribution is 0.974. The first-order valence-electron chi connectivity index (χ1n) is 8.63. The Morgan fingerprint density at radius 2 is 1.07 bits per heavy atom. The smallest absolute Gasteiger partial charge is 0.184 e. The number of hydrazone groups is 2. The van der Waals surface area contributed by atoms with Gasteiger partial charge in [-0.15, -0.1) is 0 Å². The maximum atomic E-state index is 9.93. The standard InChI is InChI=1S/C20H18N8S2/c21-11-15(13-7-3-1-4-8-13)17(25-27-19(23)29)18(26-28-20(24)30)16(12-22)14-9-5-2-6-10-14/h1-10,15-16H,(H3,23,27,29)(H3,24,28,30)/b25-17-,26-18+/t15-,16+/m0/s1. The zero-order valence-corrected chi connectivity index (χ0v) is 17.3. The summed E-state index contributed by atoms with van der Waals surface area (Å²) in [5.74, 6) is -1.75. The van der Waals surface area contributed by atoms with Crippen LogP contribution in [0.25, 0.3) is 0 Å². The molecule has 0 saturated carbocycles. The molecular formula is C20H18N8S2. The van der Waals surface area contributed by atoms with Crippen molar-refractivity contribution in [1.82, 2.24) is 10.9 Å². The van der Waals surface area contributed by atoms with E-state index in [0.29, 0.717) is 11.1 Å². The SMILES string of the molecule is N#C[C@H](C(=N/NC(N)=S)/C(=N/NC(N)=S)[C@H](C#N)c1ccccc1)c1ccccc1. The highest BCUT2D eigenvalue weighted by Gasteiger charge is 2.30. The van der Waals surface area contributed by atoms with Crippen molar-refractivity contribution >= 4 is 46.1 Å². The van der Waals surface area contributed by atoms with Crippen molar-refractivity contribution in [2.75, 3.05) is 0 Å².